The molecule has 2 aromatic rings. The van der Waals surface area contributed by atoms with E-state index in [1.165, 1.54) is 12.1 Å². The standard InChI is InChI=1S/C18H19F2NO2/c1-13-4-2-3-5-15(13)12-17(22)21-11-10-14-6-8-16(9-7-14)23-18(19)20/h2-9,18H,10-12H2,1H3,(H,21,22). The fourth-order valence-electron chi connectivity index (χ4n) is 2.23. The molecular formula is C18H19F2NO2. The molecule has 3 nitrogen and oxygen atoms in total. The summed E-state index contributed by atoms with van der Waals surface area (Å²) in [7, 11) is 0. The van der Waals surface area contributed by atoms with Gasteiger partial charge < -0.3 is 10.1 Å². The molecule has 1 N–H and O–H groups in total. The smallest absolute Gasteiger partial charge is 0.387 e. The van der Waals surface area contributed by atoms with Crippen molar-refractivity contribution in [1.29, 1.82) is 0 Å². The highest BCUT2D eigenvalue weighted by Crippen LogP contribution is 2.15. The van der Waals surface area contributed by atoms with Crippen molar-refractivity contribution in [2.24, 2.45) is 0 Å². The maximum absolute atomic E-state index is 12.1. The van der Waals surface area contributed by atoms with Gasteiger partial charge >= 0.3 is 6.61 Å². The Morgan fingerprint density at radius 2 is 1.83 bits per heavy atom. The number of nitrogens with one attached hydrogen (secondary N) is 1. The van der Waals surface area contributed by atoms with Gasteiger partial charge in [0.15, 0.2) is 0 Å². The first kappa shape index (κ1) is 16.9. The lowest BCUT2D eigenvalue weighted by atomic mass is 10.1. The molecule has 23 heavy (non-hydrogen) atoms. The van der Waals surface area contributed by atoms with E-state index in [0.717, 1.165) is 16.7 Å². The highest BCUT2D eigenvalue weighted by atomic mass is 19.3. The molecule has 0 aromatic heterocycles. The number of benzene rings is 2. The number of hydrogen-bond acceptors (Lipinski definition) is 2. The summed E-state index contributed by atoms with van der Waals surface area (Å²) >= 11 is 0. The van der Waals surface area contributed by atoms with Gasteiger partial charge in [-0.05, 0) is 42.2 Å². The maximum Gasteiger partial charge on any atom is 0.387 e. The topological polar surface area (TPSA) is 38.3 Å². The van der Waals surface area contributed by atoms with Gasteiger partial charge in [0.1, 0.15) is 5.75 Å². The third kappa shape index (κ3) is 5.70. The molecule has 0 bridgehead atoms. The van der Waals surface area contributed by atoms with Crippen LogP contribution < -0.4 is 10.1 Å². The van der Waals surface area contributed by atoms with Gasteiger partial charge in [-0.1, -0.05) is 36.4 Å². The second-order valence-electron chi connectivity index (χ2n) is 5.23. The number of carbonyl (C=O) groups excluding carboxylic acids is 1. The van der Waals surface area contributed by atoms with Crippen molar-refractivity contribution in [3.63, 3.8) is 0 Å². The molecule has 122 valence electrons. The largest absolute Gasteiger partial charge is 0.435 e. The molecule has 0 radical (unpaired) electrons. The van der Waals surface area contributed by atoms with Crippen molar-refractivity contribution >= 4 is 5.91 Å². The van der Waals surface area contributed by atoms with Crippen LogP contribution in [0.2, 0.25) is 0 Å². The average Bonchev–Trinajstić information content (AvgIpc) is 2.51. The minimum Gasteiger partial charge on any atom is -0.435 e. The van der Waals surface area contributed by atoms with E-state index in [-0.39, 0.29) is 11.7 Å². The maximum atomic E-state index is 12.1. The molecule has 0 fully saturated rings. The van der Waals surface area contributed by atoms with Crippen LogP contribution in [0.3, 0.4) is 0 Å². The summed E-state index contributed by atoms with van der Waals surface area (Å²) in [6.07, 6.45) is 0.988. The molecule has 0 saturated carbocycles. The molecule has 0 aliphatic heterocycles. The highest BCUT2D eigenvalue weighted by molar-refractivity contribution is 5.78. The quantitative estimate of drug-likeness (QED) is 0.848. The Morgan fingerprint density at radius 3 is 2.48 bits per heavy atom. The second-order valence-corrected chi connectivity index (χ2v) is 5.23. The molecule has 0 saturated heterocycles. The van der Waals surface area contributed by atoms with Crippen molar-refractivity contribution in [3.05, 3.63) is 65.2 Å². The van der Waals surface area contributed by atoms with Crippen LogP contribution in [0.15, 0.2) is 48.5 Å². The third-order valence-corrected chi connectivity index (χ3v) is 3.50. The minimum absolute atomic E-state index is 0.0306. The summed E-state index contributed by atoms with van der Waals surface area (Å²) in [5, 5.41) is 2.86. The Bertz CT molecular complexity index is 642. The summed E-state index contributed by atoms with van der Waals surface area (Å²) in [6, 6.07) is 14.2. The SMILES string of the molecule is Cc1ccccc1CC(=O)NCCc1ccc(OC(F)F)cc1. The zero-order chi connectivity index (χ0) is 16.7. The number of alkyl halides is 2. The number of rotatable bonds is 7. The van der Waals surface area contributed by atoms with E-state index in [4.69, 9.17) is 0 Å². The van der Waals surface area contributed by atoms with Crippen LogP contribution in [-0.2, 0) is 17.6 Å². The summed E-state index contributed by atoms with van der Waals surface area (Å²) in [6.45, 7) is -0.340. The Hall–Kier alpha value is -2.43. The molecule has 2 aromatic carbocycles. The lowest BCUT2D eigenvalue weighted by Gasteiger charge is -2.08. The van der Waals surface area contributed by atoms with Gasteiger partial charge in [-0.3, -0.25) is 4.79 Å². The summed E-state index contributed by atoms with van der Waals surface area (Å²) < 4.78 is 28.4. The van der Waals surface area contributed by atoms with E-state index in [1.54, 1.807) is 12.1 Å². The Kier molecular flexibility index (Phi) is 6.09. The van der Waals surface area contributed by atoms with Gasteiger partial charge in [0.2, 0.25) is 5.91 Å². The number of halogens is 2. The second kappa shape index (κ2) is 8.27. The number of carbonyl (C=O) groups is 1. The molecule has 0 atom stereocenters. The monoisotopic (exact) mass is 319 g/mol. The van der Waals surface area contributed by atoms with Crippen molar-refractivity contribution in [2.45, 2.75) is 26.4 Å². The van der Waals surface area contributed by atoms with E-state index in [0.29, 0.717) is 19.4 Å². The minimum atomic E-state index is -2.82. The van der Waals surface area contributed by atoms with Crippen LogP contribution in [0.4, 0.5) is 8.78 Å². The van der Waals surface area contributed by atoms with Crippen LogP contribution in [-0.4, -0.2) is 19.1 Å². The molecule has 0 unspecified atom stereocenters. The Morgan fingerprint density at radius 1 is 1.13 bits per heavy atom. The van der Waals surface area contributed by atoms with E-state index < -0.39 is 6.61 Å². The van der Waals surface area contributed by atoms with Crippen molar-refractivity contribution in [2.75, 3.05) is 6.54 Å². The first-order valence-corrected chi connectivity index (χ1v) is 7.39. The summed E-state index contributed by atoms with van der Waals surface area (Å²) in [5.74, 6) is 0.101. The van der Waals surface area contributed by atoms with Gasteiger partial charge in [-0.15, -0.1) is 0 Å². The van der Waals surface area contributed by atoms with E-state index in [9.17, 15) is 13.6 Å². The van der Waals surface area contributed by atoms with Crippen LogP contribution in [0.1, 0.15) is 16.7 Å². The van der Waals surface area contributed by atoms with Crippen LogP contribution in [0.25, 0.3) is 0 Å². The van der Waals surface area contributed by atoms with Gasteiger partial charge in [0, 0.05) is 6.54 Å². The molecule has 0 spiro atoms. The average molecular weight is 319 g/mol. The lowest BCUT2D eigenvalue weighted by molar-refractivity contribution is -0.120. The van der Waals surface area contributed by atoms with Gasteiger partial charge in [0.25, 0.3) is 0 Å². The number of hydrogen-bond donors (Lipinski definition) is 1. The van der Waals surface area contributed by atoms with Gasteiger partial charge in [-0.25, -0.2) is 0 Å². The zero-order valence-electron chi connectivity index (χ0n) is 12.9. The molecule has 0 aliphatic carbocycles. The zero-order valence-corrected chi connectivity index (χ0v) is 12.9. The summed E-state index contributed by atoms with van der Waals surface area (Å²) in [5.41, 5.74) is 3.05. The predicted molar refractivity (Wildman–Crippen MR) is 84.7 cm³/mol. The number of aryl methyl sites for hydroxylation is 1. The van der Waals surface area contributed by atoms with Crippen LogP contribution >= 0.6 is 0 Å². The van der Waals surface area contributed by atoms with E-state index in [2.05, 4.69) is 10.1 Å². The third-order valence-electron chi connectivity index (χ3n) is 3.50. The Balaban J connectivity index is 1.76. The Labute approximate surface area is 134 Å². The fourth-order valence-corrected chi connectivity index (χ4v) is 2.23. The van der Waals surface area contributed by atoms with Gasteiger partial charge in [-0.2, -0.15) is 8.78 Å². The molecule has 5 heteroatoms. The van der Waals surface area contributed by atoms with Crippen LogP contribution in [0.5, 0.6) is 5.75 Å². The van der Waals surface area contributed by atoms with E-state index in [1.807, 2.05) is 31.2 Å². The molecular weight excluding hydrogens is 300 g/mol. The van der Waals surface area contributed by atoms with Crippen molar-refractivity contribution in [1.82, 2.24) is 5.32 Å². The van der Waals surface area contributed by atoms with Gasteiger partial charge in [0.05, 0.1) is 6.42 Å². The molecule has 0 aliphatic rings. The first-order valence-electron chi connectivity index (χ1n) is 7.39. The first-order chi connectivity index (χ1) is 11.0. The number of amides is 1. The van der Waals surface area contributed by atoms with Crippen LogP contribution in [0, 0.1) is 6.92 Å². The van der Waals surface area contributed by atoms with E-state index >= 15 is 0 Å². The molecule has 2 rings (SSSR count). The summed E-state index contributed by atoms with van der Waals surface area (Å²) in [4.78, 5) is 11.9. The fraction of sp³-hybridized carbons (Fsp3) is 0.278. The lowest BCUT2D eigenvalue weighted by Crippen LogP contribution is -2.27. The highest BCUT2D eigenvalue weighted by Gasteiger charge is 2.06. The van der Waals surface area contributed by atoms with Crippen molar-refractivity contribution < 1.29 is 18.3 Å². The number of ether oxygens (including phenoxy) is 1. The normalized spacial score (nSPS) is 10.6. The predicted octanol–water partition coefficient (Wildman–Crippen LogP) is 3.50. The molecule has 1 amide bonds. The molecule has 0 heterocycles. The van der Waals surface area contributed by atoms with Crippen molar-refractivity contribution in [3.8, 4) is 5.75 Å².